The Hall–Kier alpha value is -2.48. The first-order valence-electron chi connectivity index (χ1n) is 8.56. The van der Waals surface area contributed by atoms with Crippen molar-refractivity contribution in [3.05, 3.63) is 64.0 Å². The van der Waals surface area contributed by atoms with E-state index in [9.17, 15) is 9.59 Å². The quantitative estimate of drug-likeness (QED) is 0.426. The van der Waals surface area contributed by atoms with Gasteiger partial charge in [0.2, 0.25) is 0 Å². The molecule has 3 aromatic rings. The number of carbonyl (C=O) groups is 2. The van der Waals surface area contributed by atoms with Crippen molar-refractivity contribution in [2.75, 3.05) is 11.9 Å². The zero-order chi connectivity index (χ0) is 20.1. The minimum absolute atomic E-state index is 0.139. The van der Waals surface area contributed by atoms with Crippen molar-refractivity contribution in [1.29, 1.82) is 0 Å². The Kier molecular flexibility index (Phi) is 6.61. The maximum absolute atomic E-state index is 12.5. The molecular formula is C20H17ClN2O3S2. The molecule has 0 fully saturated rings. The third-order valence-corrected chi connectivity index (χ3v) is 5.66. The predicted molar refractivity (Wildman–Crippen MR) is 118 cm³/mol. The average molecular weight is 433 g/mol. The summed E-state index contributed by atoms with van der Waals surface area (Å²) in [5, 5.41) is 6.93. The van der Waals surface area contributed by atoms with Gasteiger partial charge in [-0.1, -0.05) is 36.7 Å². The molecule has 5 nitrogen and oxygen atoms in total. The highest BCUT2D eigenvalue weighted by atomic mass is 35.5. The number of rotatable bonds is 5. The van der Waals surface area contributed by atoms with Gasteiger partial charge in [0.05, 0.1) is 17.2 Å². The molecule has 0 aliphatic heterocycles. The van der Waals surface area contributed by atoms with Gasteiger partial charge in [0.25, 0.3) is 5.91 Å². The van der Waals surface area contributed by atoms with Crippen molar-refractivity contribution in [2.45, 2.75) is 13.3 Å². The molecule has 2 aromatic carbocycles. The lowest BCUT2D eigenvalue weighted by Gasteiger charge is -2.10. The van der Waals surface area contributed by atoms with Crippen LogP contribution in [0.1, 0.15) is 33.4 Å². The fourth-order valence-electron chi connectivity index (χ4n) is 2.45. The van der Waals surface area contributed by atoms with E-state index >= 15 is 0 Å². The van der Waals surface area contributed by atoms with Crippen molar-refractivity contribution >= 4 is 67.9 Å². The van der Waals surface area contributed by atoms with E-state index in [1.807, 2.05) is 31.2 Å². The van der Waals surface area contributed by atoms with E-state index in [4.69, 9.17) is 28.6 Å². The molecule has 0 aliphatic rings. The number of anilines is 1. The van der Waals surface area contributed by atoms with Gasteiger partial charge < -0.3 is 10.1 Å². The Labute approximate surface area is 176 Å². The molecule has 28 heavy (non-hydrogen) atoms. The number of ether oxygens (including phenoxy) is 1. The molecule has 0 bridgehead atoms. The number of halogens is 1. The molecule has 0 unspecified atom stereocenters. The maximum Gasteiger partial charge on any atom is 0.338 e. The molecular weight excluding hydrogens is 416 g/mol. The van der Waals surface area contributed by atoms with Gasteiger partial charge in [-0.25, -0.2) is 4.79 Å². The zero-order valence-corrected chi connectivity index (χ0v) is 17.3. The predicted octanol–water partition coefficient (Wildman–Crippen LogP) is 5.25. The molecule has 1 amide bonds. The van der Waals surface area contributed by atoms with Gasteiger partial charge in [0, 0.05) is 15.8 Å². The van der Waals surface area contributed by atoms with Crippen LogP contribution in [0.15, 0.2) is 48.5 Å². The van der Waals surface area contributed by atoms with Gasteiger partial charge in [-0.3, -0.25) is 10.1 Å². The Balaban J connectivity index is 1.62. The average Bonchev–Trinajstić information content (AvgIpc) is 3.03. The van der Waals surface area contributed by atoms with Crippen molar-refractivity contribution < 1.29 is 14.3 Å². The number of hydrogen-bond acceptors (Lipinski definition) is 5. The fraction of sp³-hybridized carbons (Fsp3) is 0.150. The van der Waals surface area contributed by atoms with Crippen molar-refractivity contribution in [1.82, 2.24) is 5.32 Å². The normalized spacial score (nSPS) is 10.5. The number of esters is 1. The first kappa shape index (κ1) is 20.3. The molecule has 1 aromatic heterocycles. The minimum Gasteiger partial charge on any atom is -0.462 e. The molecule has 0 saturated heterocycles. The first-order valence-corrected chi connectivity index (χ1v) is 10.2. The van der Waals surface area contributed by atoms with Crippen LogP contribution in [-0.2, 0) is 4.74 Å². The molecule has 144 valence electrons. The Morgan fingerprint density at radius 2 is 1.86 bits per heavy atom. The molecule has 0 atom stereocenters. The molecule has 0 aliphatic carbocycles. The van der Waals surface area contributed by atoms with Crippen LogP contribution in [0.4, 0.5) is 5.69 Å². The molecule has 8 heteroatoms. The summed E-state index contributed by atoms with van der Waals surface area (Å²) in [4.78, 5) is 24.7. The second-order valence-corrected chi connectivity index (χ2v) is 7.70. The van der Waals surface area contributed by atoms with Crippen LogP contribution in [0.2, 0.25) is 5.02 Å². The van der Waals surface area contributed by atoms with Gasteiger partial charge in [0.1, 0.15) is 4.88 Å². The van der Waals surface area contributed by atoms with E-state index in [1.54, 1.807) is 24.3 Å². The number of hydrogen-bond donors (Lipinski definition) is 2. The summed E-state index contributed by atoms with van der Waals surface area (Å²) in [5.41, 5.74) is 1.09. The third kappa shape index (κ3) is 4.67. The number of fused-ring (bicyclic) bond motifs is 1. The van der Waals surface area contributed by atoms with Crippen LogP contribution in [0.5, 0.6) is 0 Å². The third-order valence-electron chi connectivity index (χ3n) is 3.78. The van der Waals surface area contributed by atoms with Gasteiger partial charge in [-0.05, 0) is 49.0 Å². The van der Waals surface area contributed by atoms with E-state index in [2.05, 4.69) is 10.6 Å². The number of thiocarbonyl (C=S) groups is 1. The lowest BCUT2D eigenvalue weighted by Crippen LogP contribution is -2.33. The SMILES string of the molecule is CCCOC(=O)c1ccc(NC(=S)NC(=O)c2sc3ccccc3c2Cl)cc1. The molecule has 0 spiro atoms. The Morgan fingerprint density at radius 1 is 1.14 bits per heavy atom. The number of nitrogens with one attached hydrogen (secondary N) is 2. The summed E-state index contributed by atoms with van der Waals surface area (Å²) < 4.78 is 6.01. The summed E-state index contributed by atoms with van der Waals surface area (Å²) in [7, 11) is 0. The van der Waals surface area contributed by atoms with Crippen LogP contribution in [0.25, 0.3) is 10.1 Å². The van der Waals surface area contributed by atoms with Crippen LogP contribution in [0, 0.1) is 0 Å². The Morgan fingerprint density at radius 3 is 2.54 bits per heavy atom. The second-order valence-electron chi connectivity index (χ2n) is 5.86. The van der Waals surface area contributed by atoms with E-state index in [-0.39, 0.29) is 17.0 Å². The van der Waals surface area contributed by atoms with E-state index < -0.39 is 0 Å². The largest absolute Gasteiger partial charge is 0.462 e. The molecule has 2 N–H and O–H groups in total. The molecule has 1 heterocycles. The number of amides is 1. The molecule has 3 rings (SSSR count). The fourth-order valence-corrected chi connectivity index (χ4v) is 4.07. The maximum atomic E-state index is 12.5. The standard InChI is InChI=1S/C20H17ClN2O3S2/c1-2-11-26-19(25)12-7-9-13(10-8-12)22-20(27)23-18(24)17-16(21)14-5-3-4-6-15(14)28-17/h3-10H,2,11H2,1H3,(H2,22,23,24,27). The summed E-state index contributed by atoms with van der Waals surface area (Å²) in [6.45, 7) is 2.32. The van der Waals surface area contributed by atoms with Crippen LogP contribution in [-0.4, -0.2) is 23.6 Å². The topological polar surface area (TPSA) is 67.4 Å². The lowest BCUT2D eigenvalue weighted by molar-refractivity contribution is 0.0505. The van der Waals surface area contributed by atoms with Crippen molar-refractivity contribution in [3.8, 4) is 0 Å². The van der Waals surface area contributed by atoms with Gasteiger partial charge in [-0.15, -0.1) is 11.3 Å². The van der Waals surface area contributed by atoms with E-state index in [1.165, 1.54) is 11.3 Å². The minimum atomic E-state index is -0.372. The van der Waals surface area contributed by atoms with Gasteiger partial charge >= 0.3 is 5.97 Å². The van der Waals surface area contributed by atoms with Crippen LogP contribution in [0.3, 0.4) is 0 Å². The Bertz CT molecular complexity index is 1030. The number of benzene rings is 2. The zero-order valence-electron chi connectivity index (χ0n) is 15.0. The van der Waals surface area contributed by atoms with E-state index in [0.717, 1.165) is 16.5 Å². The summed E-state index contributed by atoms with van der Waals surface area (Å²) >= 11 is 12.8. The molecule has 0 radical (unpaired) electrons. The van der Waals surface area contributed by atoms with Crippen molar-refractivity contribution in [2.24, 2.45) is 0 Å². The van der Waals surface area contributed by atoms with E-state index in [0.29, 0.717) is 27.8 Å². The summed E-state index contributed by atoms with van der Waals surface area (Å²) in [5.74, 6) is -0.743. The smallest absolute Gasteiger partial charge is 0.338 e. The molecule has 0 saturated carbocycles. The lowest BCUT2D eigenvalue weighted by atomic mass is 10.2. The van der Waals surface area contributed by atoms with Crippen molar-refractivity contribution in [3.63, 3.8) is 0 Å². The van der Waals surface area contributed by atoms with Crippen LogP contribution < -0.4 is 10.6 Å². The van der Waals surface area contributed by atoms with Gasteiger partial charge in [0.15, 0.2) is 5.11 Å². The second kappa shape index (κ2) is 9.14. The number of carbonyl (C=O) groups excluding carboxylic acids is 2. The highest BCUT2D eigenvalue weighted by Crippen LogP contribution is 2.34. The monoisotopic (exact) mass is 432 g/mol. The van der Waals surface area contributed by atoms with Gasteiger partial charge in [-0.2, -0.15) is 0 Å². The highest BCUT2D eigenvalue weighted by Gasteiger charge is 2.18. The highest BCUT2D eigenvalue weighted by molar-refractivity contribution is 7.80. The number of thiophene rings is 1. The first-order chi connectivity index (χ1) is 13.5. The summed E-state index contributed by atoms with van der Waals surface area (Å²) in [6.07, 6.45) is 0.767. The van der Waals surface area contributed by atoms with Crippen LogP contribution >= 0.6 is 35.2 Å². The summed E-state index contributed by atoms with van der Waals surface area (Å²) in [6, 6.07) is 14.2.